The van der Waals surface area contributed by atoms with Crippen molar-refractivity contribution in [1.82, 2.24) is 20.2 Å². The van der Waals surface area contributed by atoms with E-state index >= 15 is 0 Å². The van der Waals surface area contributed by atoms with Gasteiger partial charge < -0.3 is 24.6 Å². The summed E-state index contributed by atoms with van der Waals surface area (Å²) in [5, 5.41) is 3.23. The van der Waals surface area contributed by atoms with Crippen LogP contribution in [0.25, 0.3) is 0 Å². The molecule has 1 atom stereocenters. The third-order valence-electron chi connectivity index (χ3n) is 4.14. The molecule has 2 rings (SSSR count). The van der Waals surface area contributed by atoms with Gasteiger partial charge in [0.15, 0.2) is 5.96 Å². The zero-order valence-corrected chi connectivity index (χ0v) is 19.9. The van der Waals surface area contributed by atoms with Crippen LogP contribution in [-0.2, 0) is 9.53 Å². The molecule has 1 aromatic heterocycles. The lowest BCUT2D eigenvalue weighted by molar-refractivity contribution is -0.144. The summed E-state index contributed by atoms with van der Waals surface area (Å²) in [5.74, 6) is 1.47. The molecular weight excluding hydrogens is 531 g/mol. The van der Waals surface area contributed by atoms with Gasteiger partial charge in [-0.05, 0) is 15.9 Å². The van der Waals surface area contributed by atoms with E-state index in [1.807, 2.05) is 6.92 Å². The number of halogens is 2. The second-order valence-electron chi connectivity index (χ2n) is 5.85. The van der Waals surface area contributed by atoms with E-state index in [0.717, 1.165) is 36.6 Å². The second kappa shape index (κ2) is 11.5. The second-order valence-corrected chi connectivity index (χ2v) is 6.71. The van der Waals surface area contributed by atoms with E-state index in [4.69, 9.17) is 9.47 Å². The van der Waals surface area contributed by atoms with E-state index < -0.39 is 0 Å². The number of piperazine rings is 1. The highest BCUT2D eigenvalue weighted by Crippen LogP contribution is 2.23. The lowest BCUT2D eigenvalue weighted by Gasteiger charge is -2.36. The Morgan fingerprint density at radius 2 is 2.04 bits per heavy atom. The third-order valence-corrected chi connectivity index (χ3v) is 4.68. The van der Waals surface area contributed by atoms with Crippen molar-refractivity contribution in [3.63, 3.8) is 0 Å². The highest BCUT2D eigenvalue weighted by Gasteiger charge is 2.23. The lowest BCUT2D eigenvalue weighted by Crippen LogP contribution is -2.53. The number of methoxy groups -OCH3 is 2. The summed E-state index contributed by atoms with van der Waals surface area (Å²) in [6.45, 7) is 5.37. The van der Waals surface area contributed by atoms with Gasteiger partial charge in [-0.2, -0.15) is 4.98 Å². The van der Waals surface area contributed by atoms with Crippen molar-refractivity contribution in [1.29, 1.82) is 0 Å². The summed E-state index contributed by atoms with van der Waals surface area (Å²) in [7, 11) is 4.71. The Bertz CT molecular complexity index is 655. The highest BCUT2D eigenvalue weighted by molar-refractivity contribution is 14.0. The van der Waals surface area contributed by atoms with Crippen LogP contribution in [0.4, 0.5) is 5.95 Å². The molecule has 0 radical (unpaired) electrons. The Morgan fingerprint density at radius 1 is 1.37 bits per heavy atom. The van der Waals surface area contributed by atoms with E-state index in [0.29, 0.717) is 18.4 Å². The van der Waals surface area contributed by atoms with Crippen molar-refractivity contribution >= 4 is 57.8 Å². The van der Waals surface area contributed by atoms with Gasteiger partial charge in [0.05, 0.1) is 30.8 Å². The van der Waals surface area contributed by atoms with Crippen molar-refractivity contribution in [2.45, 2.75) is 6.92 Å². The average molecular weight is 557 g/mol. The zero-order chi connectivity index (χ0) is 19.1. The van der Waals surface area contributed by atoms with Crippen LogP contribution in [0.2, 0.25) is 0 Å². The molecule has 11 heteroatoms. The summed E-state index contributed by atoms with van der Waals surface area (Å²) >= 11 is 3.36. The van der Waals surface area contributed by atoms with Gasteiger partial charge in [0.1, 0.15) is 0 Å². The lowest BCUT2D eigenvalue weighted by atomic mass is 10.2. The fourth-order valence-electron chi connectivity index (χ4n) is 2.62. The van der Waals surface area contributed by atoms with E-state index in [1.54, 1.807) is 20.4 Å². The topological polar surface area (TPSA) is 92.2 Å². The molecule has 0 aliphatic carbocycles. The van der Waals surface area contributed by atoms with Crippen LogP contribution in [0.3, 0.4) is 0 Å². The fraction of sp³-hybridized carbons (Fsp3) is 0.625. The van der Waals surface area contributed by atoms with Gasteiger partial charge in [0.25, 0.3) is 0 Å². The Hall–Kier alpha value is -1.37. The fourth-order valence-corrected chi connectivity index (χ4v) is 2.97. The number of nitrogens with one attached hydrogen (secondary N) is 1. The number of nitrogens with zero attached hydrogens (tertiary/aromatic N) is 5. The molecule has 152 valence electrons. The van der Waals surface area contributed by atoms with E-state index in [9.17, 15) is 4.79 Å². The minimum absolute atomic E-state index is 0. The monoisotopic (exact) mass is 556 g/mol. The number of hydrogen-bond donors (Lipinski definition) is 1. The molecule has 0 spiro atoms. The minimum atomic E-state index is -0.237. The Kier molecular flexibility index (Phi) is 10.1. The average Bonchev–Trinajstić information content (AvgIpc) is 2.68. The summed E-state index contributed by atoms with van der Waals surface area (Å²) in [6.07, 6.45) is 1.70. The van der Waals surface area contributed by atoms with Gasteiger partial charge in [0.2, 0.25) is 11.8 Å². The number of aliphatic imine (C=N–C) groups is 1. The molecule has 27 heavy (non-hydrogen) atoms. The standard InChI is InChI=1S/C16H25BrN6O3.HI/c1-11(14(24)26-4)9-19-15(18-2)22-5-7-23(8-6-22)16-20-10-12(17)13(21-16)25-3;/h10-11H,5-9H2,1-4H3,(H,18,19);1H. The number of esters is 1. The predicted molar refractivity (Wildman–Crippen MR) is 118 cm³/mol. The van der Waals surface area contributed by atoms with Crippen molar-refractivity contribution in [2.75, 3.05) is 58.9 Å². The molecule has 2 heterocycles. The number of rotatable bonds is 5. The normalized spacial score (nSPS) is 15.7. The molecule has 0 bridgehead atoms. The number of carbonyl (C=O) groups is 1. The van der Waals surface area contributed by atoms with Crippen LogP contribution in [0.5, 0.6) is 5.88 Å². The summed E-state index contributed by atoms with van der Waals surface area (Å²) in [4.78, 5) is 28.9. The van der Waals surface area contributed by atoms with Crippen LogP contribution < -0.4 is 15.0 Å². The number of hydrogen-bond acceptors (Lipinski definition) is 7. The maximum atomic E-state index is 11.5. The summed E-state index contributed by atoms with van der Waals surface area (Å²) < 4.78 is 10.7. The van der Waals surface area contributed by atoms with E-state index in [1.165, 1.54) is 7.11 Å². The largest absolute Gasteiger partial charge is 0.480 e. The quantitative estimate of drug-likeness (QED) is 0.252. The van der Waals surface area contributed by atoms with E-state index in [-0.39, 0.29) is 35.9 Å². The third kappa shape index (κ3) is 6.33. The van der Waals surface area contributed by atoms with Gasteiger partial charge in [-0.3, -0.25) is 9.79 Å². The number of carbonyl (C=O) groups excluding carboxylic acids is 1. The van der Waals surface area contributed by atoms with Crippen LogP contribution >= 0.6 is 39.9 Å². The molecule has 1 saturated heterocycles. The SMILES string of the molecule is CN=C(NCC(C)C(=O)OC)N1CCN(c2ncc(Br)c(OC)n2)CC1.I. The molecular formula is C16H26BrIN6O3. The molecule has 1 N–H and O–H groups in total. The zero-order valence-electron chi connectivity index (χ0n) is 15.9. The predicted octanol–water partition coefficient (Wildman–Crippen LogP) is 1.37. The smallest absolute Gasteiger partial charge is 0.310 e. The number of ether oxygens (including phenoxy) is 2. The maximum absolute atomic E-state index is 11.5. The first-order valence-corrected chi connectivity index (χ1v) is 9.14. The number of guanidine groups is 1. The van der Waals surface area contributed by atoms with Gasteiger partial charge >= 0.3 is 5.97 Å². The number of anilines is 1. The van der Waals surface area contributed by atoms with Gasteiger partial charge in [-0.25, -0.2) is 4.98 Å². The maximum Gasteiger partial charge on any atom is 0.310 e. The minimum Gasteiger partial charge on any atom is -0.480 e. The van der Waals surface area contributed by atoms with Crippen LogP contribution in [0.15, 0.2) is 15.7 Å². The summed E-state index contributed by atoms with van der Waals surface area (Å²) in [5.41, 5.74) is 0. The molecule has 0 aromatic carbocycles. The van der Waals surface area contributed by atoms with Crippen molar-refractivity contribution in [2.24, 2.45) is 10.9 Å². The Balaban J connectivity index is 0.00000364. The highest BCUT2D eigenvalue weighted by atomic mass is 127. The van der Waals surface area contributed by atoms with Crippen molar-refractivity contribution in [3.05, 3.63) is 10.7 Å². The molecule has 1 aliphatic heterocycles. The molecule has 1 unspecified atom stereocenters. The Labute approximate surface area is 185 Å². The molecule has 0 saturated carbocycles. The molecule has 9 nitrogen and oxygen atoms in total. The van der Waals surface area contributed by atoms with Gasteiger partial charge in [0, 0.05) is 39.8 Å². The summed E-state index contributed by atoms with van der Waals surface area (Å²) in [6, 6.07) is 0. The molecule has 1 fully saturated rings. The molecule has 1 aliphatic rings. The van der Waals surface area contributed by atoms with Crippen LogP contribution in [-0.4, -0.2) is 80.8 Å². The van der Waals surface area contributed by atoms with Gasteiger partial charge in [-0.1, -0.05) is 6.92 Å². The first-order chi connectivity index (χ1) is 12.5. The van der Waals surface area contributed by atoms with Crippen LogP contribution in [0.1, 0.15) is 6.92 Å². The van der Waals surface area contributed by atoms with E-state index in [2.05, 4.69) is 46.0 Å². The van der Waals surface area contributed by atoms with Gasteiger partial charge in [-0.15, -0.1) is 24.0 Å². The molecule has 0 amide bonds. The first kappa shape index (κ1) is 23.7. The first-order valence-electron chi connectivity index (χ1n) is 8.35. The molecule has 1 aromatic rings. The number of aromatic nitrogens is 2. The van der Waals surface area contributed by atoms with Crippen LogP contribution in [0, 0.1) is 5.92 Å². The van der Waals surface area contributed by atoms with Crippen molar-refractivity contribution in [3.8, 4) is 5.88 Å². The van der Waals surface area contributed by atoms with Crippen molar-refractivity contribution < 1.29 is 14.3 Å². The Morgan fingerprint density at radius 3 is 2.59 bits per heavy atom.